The van der Waals surface area contributed by atoms with Gasteiger partial charge in [0, 0.05) is 37.7 Å². The molecular weight excluding hydrogens is 538 g/mol. The number of hydrogen-bond acceptors (Lipinski definition) is 5. The van der Waals surface area contributed by atoms with Crippen LogP contribution in [0, 0.1) is 0 Å². The molecule has 3 aromatic rings. The molecule has 2 N–H and O–H groups in total. The molecule has 0 fully saturated rings. The zero-order chi connectivity index (χ0) is 28.3. The first-order valence-electron chi connectivity index (χ1n) is 12.6. The van der Waals surface area contributed by atoms with E-state index in [0.717, 1.165) is 27.3 Å². The number of sulfonamides is 1. The second kappa shape index (κ2) is 14.8. The average Bonchev–Trinajstić information content (AvgIpc) is 2.92. The third-order valence-corrected chi connectivity index (χ3v) is 7.60. The topological polar surface area (TPSA) is 107 Å². The number of aliphatic hydroxyl groups excluding tert-OH is 1. The summed E-state index contributed by atoms with van der Waals surface area (Å²) in [6.07, 6.45) is 1.66. The number of aliphatic hydroxyl groups is 1. The number of amides is 2. The highest BCUT2D eigenvalue weighted by Crippen LogP contribution is 2.18. The maximum absolute atomic E-state index is 13.9. The Morgan fingerprint density at radius 3 is 2.00 bits per heavy atom. The van der Waals surface area contributed by atoms with Crippen molar-refractivity contribution < 1.29 is 23.1 Å². The van der Waals surface area contributed by atoms with Crippen LogP contribution in [0.2, 0.25) is 5.02 Å². The fourth-order valence-electron chi connectivity index (χ4n) is 4.07. The van der Waals surface area contributed by atoms with Gasteiger partial charge in [-0.3, -0.25) is 9.59 Å². The highest BCUT2D eigenvalue weighted by atomic mass is 35.5. The molecule has 208 valence electrons. The van der Waals surface area contributed by atoms with Crippen molar-refractivity contribution in [1.82, 2.24) is 14.5 Å². The first-order valence-corrected chi connectivity index (χ1v) is 14.9. The molecule has 0 saturated heterocycles. The minimum absolute atomic E-state index is 0.0201. The Kier molecular flexibility index (Phi) is 11.5. The van der Waals surface area contributed by atoms with E-state index in [1.807, 2.05) is 36.4 Å². The number of hydrogen-bond donors (Lipinski definition) is 2. The summed E-state index contributed by atoms with van der Waals surface area (Å²) in [6.45, 7) is -0.181. The molecule has 0 radical (unpaired) electrons. The lowest BCUT2D eigenvalue weighted by Crippen LogP contribution is -2.53. The highest BCUT2D eigenvalue weighted by Gasteiger charge is 2.32. The van der Waals surface area contributed by atoms with Gasteiger partial charge in [-0.05, 0) is 35.2 Å². The molecule has 2 amide bonds. The average molecular weight is 572 g/mol. The maximum atomic E-state index is 13.9. The van der Waals surface area contributed by atoms with E-state index in [4.69, 9.17) is 11.6 Å². The molecule has 0 saturated carbocycles. The summed E-state index contributed by atoms with van der Waals surface area (Å²) in [4.78, 5) is 28.8. The fourth-order valence-corrected chi connectivity index (χ4v) is 4.92. The van der Waals surface area contributed by atoms with Gasteiger partial charge in [0.2, 0.25) is 21.8 Å². The lowest BCUT2D eigenvalue weighted by Gasteiger charge is -2.33. The van der Waals surface area contributed by atoms with E-state index in [9.17, 15) is 23.1 Å². The van der Waals surface area contributed by atoms with Crippen LogP contribution in [0.3, 0.4) is 0 Å². The van der Waals surface area contributed by atoms with Gasteiger partial charge in [0.15, 0.2) is 0 Å². The van der Waals surface area contributed by atoms with Crippen molar-refractivity contribution in [2.24, 2.45) is 0 Å². The Morgan fingerprint density at radius 2 is 1.44 bits per heavy atom. The summed E-state index contributed by atoms with van der Waals surface area (Å²) in [5.41, 5.74) is 2.32. The Labute approximate surface area is 235 Å². The molecule has 0 spiro atoms. The van der Waals surface area contributed by atoms with Crippen LogP contribution in [0.15, 0.2) is 84.9 Å². The molecule has 0 aromatic heterocycles. The monoisotopic (exact) mass is 571 g/mol. The van der Waals surface area contributed by atoms with Gasteiger partial charge in [-0.1, -0.05) is 84.4 Å². The molecule has 3 aromatic carbocycles. The standard InChI is InChI=1S/C29H34ClN3O5S/c1-39(37,38)32(20-24-11-6-3-7-12-24)22-28(35)33(21-25-13-15-26(30)16-14-25)27(29(36)31-17-8-18-34)19-23-9-4-2-5-10-23/h2-7,9-16,27,34H,8,17-22H2,1H3,(H,31,36)/t27-/m0/s1. The van der Waals surface area contributed by atoms with Gasteiger partial charge in [0.1, 0.15) is 6.04 Å². The van der Waals surface area contributed by atoms with Gasteiger partial charge in [-0.25, -0.2) is 8.42 Å². The quantitative estimate of drug-likeness (QED) is 0.289. The molecule has 0 aliphatic carbocycles. The van der Waals surface area contributed by atoms with E-state index in [2.05, 4.69) is 5.32 Å². The Bertz CT molecular complexity index is 1310. The second-order valence-electron chi connectivity index (χ2n) is 9.24. The third kappa shape index (κ3) is 9.78. The van der Waals surface area contributed by atoms with Crippen molar-refractivity contribution in [2.45, 2.75) is 32.0 Å². The lowest BCUT2D eigenvalue weighted by atomic mass is 10.0. The molecule has 8 nitrogen and oxygen atoms in total. The normalized spacial score (nSPS) is 12.2. The smallest absolute Gasteiger partial charge is 0.243 e. The van der Waals surface area contributed by atoms with Crippen molar-refractivity contribution >= 4 is 33.4 Å². The van der Waals surface area contributed by atoms with Gasteiger partial charge in [-0.2, -0.15) is 4.31 Å². The summed E-state index contributed by atoms with van der Waals surface area (Å²) in [7, 11) is -3.75. The van der Waals surface area contributed by atoms with Crippen LogP contribution < -0.4 is 5.32 Å². The number of carbonyl (C=O) groups is 2. The molecule has 0 unspecified atom stereocenters. The van der Waals surface area contributed by atoms with Crippen LogP contribution >= 0.6 is 11.6 Å². The largest absolute Gasteiger partial charge is 0.396 e. The minimum atomic E-state index is -3.75. The van der Waals surface area contributed by atoms with Crippen molar-refractivity contribution in [3.8, 4) is 0 Å². The Morgan fingerprint density at radius 1 is 0.872 bits per heavy atom. The molecule has 0 aliphatic rings. The van der Waals surface area contributed by atoms with Crippen LogP contribution in [0.5, 0.6) is 0 Å². The third-order valence-electron chi connectivity index (χ3n) is 6.15. The van der Waals surface area contributed by atoms with E-state index in [-0.39, 0.29) is 38.6 Å². The fraction of sp³-hybridized carbons (Fsp3) is 0.310. The van der Waals surface area contributed by atoms with E-state index >= 15 is 0 Å². The predicted molar refractivity (Wildman–Crippen MR) is 152 cm³/mol. The first kappa shape index (κ1) is 30.3. The number of carbonyl (C=O) groups excluding carboxylic acids is 2. The van der Waals surface area contributed by atoms with Crippen molar-refractivity contribution in [3.05, 3.63) is 107 Å². The van der Waals surface area contributed by atoms with Gasteiger partial charge < -0.3 is 15.3 Å². The van der Waals surface area contributed by atoms with E-state index < -0.39 is 28.5 Å². The summed E-state index contributed by atoms with van der Waals surface area (Å²) in [5.74, 6) is -0.895. The summed E-state index contributed by atoms with van der Waals surface area (Å²) < 4.78 is 26.5. The van der Waals surface area contributed by atoms with Crippen LogP contribution in [0.4, 0.5) is 0 Å². The SMILES string of the molecule is CS(=O)(=O)N(CC(=O)N(Cc1ccc(Cl)cc1)[C@@H](Cc1ccccc1)C(=O)NCCCO)Cc1ccccc1. The Hall–Kier alpha value is -3.24. The van der Waals surface area contributed by atoms with Crippen LogP contribution in [0.1, 0.15) is 23.1 Å². The zero-order valence-corrected chi connectivity index (χ0v) is 23.4. The zero-order valence-electron chi connectivity index (χ0n) is 21.9. The summed E-state index contributed by atoms with van der Waals surface area (Å²) >= 11 is 6.06. The summed E-state index contributed by atoms with van der Waals surface area (Å²) in [6, 6.07) is 24.3. The molecule has 0 aliphatic heterocycles. The van der Waals surface area contributed by atoms with Gasteiger partial charge in [0.25, 0.3) is 0 Å². The van der Waals surface area contributed by atoms with E-state index in [0.29, 0.717) is 11.4 Å². The van der Waals surface area contributed by atoms with Crippen molar-refractivity contribution in [1.29, 1.82) is 0 Å². The summed E-state index contributed by atoms with van der Waals surface area (Å²) in [5, 5.41) is 12.5. The molecule has 39 heavy (non-hydrogen) atoms. The molecule has 10 heteroatoms. The number of halogens is 1. The number of nitrogens with zero attached hydrogens (tertiary/aromatic N) is 2. The van der Waals surface area contributed by atoms with Crippen LogP contribution in [0.25, 0.3) is 0 Å². The maximum Gasteiger partial charge on any atom is 0.243 e. The van der Waals surface area contributed by atoms with Crippen molar-refractivity contribution in [2.75, 3.05) is 26.0 Å². The molecule has 0 bridgehead atoms. The van der Waals surface area contributed by atoms with Gasteiger partial charge in [-0.15, -0.1) is 0 Å². The lowest BCUT2D eigenvalue weighted by molar-refractivity contribution is -0.141. The number of nitrogens with one attached hydrogen (secondary N) is 1. The minimum Gasteiger partial charge on any atom is -0.396 e. The molecule has 1 atom stereocenters. The first-order chi connectivity index (χ1) is 18.7. The van der Waals surface area contributed by atoms with Crippen LogP contribution in [-0.2, 0) is 39.1 Å². The molecule has 3 rings (SSSR count). The van der Waals surface area contributed by atoms with Gasteiger partial charge >= 0.3 is 0 Å². The van der Waals surface area contributed by atoms with Crippen LogP contribution in [-0.4, -0.2) is 66.5 Å². The molecular formula is C29H34ClN3O5S. The highest BCUT2D eigenvalue weighted by molar-refractivity contribution is 7.88. The second-order valence-corrected chi connectivity index (χ2v) is 11.7. The Balaban J connectivity index is 1.97. The van der Waals surface area contributed by atoms with Gasteiger partial charge in [0.05, 0.1) is 12.8 Å². The van der Waals surface area contributed by atoms with Crippen molar-refractivity contribution in [3.63, 3.8) is 0 Å². The number of rotatable bonds is 14. The predicted octanol–water partition coefficient (Wildman–Crippen LogP) is 3.24. The number of benzene rings is 3. The molecule has 0 heterocycles. The van der Waals surface area contributed by atoms with E-state index in [1.165, 1.54) is 4.90 Å². The van der Waals surface area contributed by atoms with E-state index in [1.54, 1.807) is 48.5 Å².